The van der Waals surface area contributed by atoms with Crippen LogP contribution in [0, 0.1) is 5.82 Å². The predicted molar refractivity (Wildman–Crippen MR) is 114 cm³/mol. The number of halogens is 2. The van der Waals surface area contributed by atoms with Gasteiger partial charge in [-0.3, -0.25) is 9.69 Å². The van der Waals surface area contributed by atoms with E-state index in [0.29, 0.717) is 23.0 Å². The SMILES string of the molecule is COc1ccc(CN2CCC(NC(=O)c3cnc(OC(C)C)c(Cl)c3)CC2)cc1F. The number of amides is 1. The van der Waals surface area contributed by atoms with Crippen molar-refractivity contribution in [2.45, 2.75) is 45.4 Å². The minimum absolute atomic E-state index is 0.0470. The molecule has 0 unspecified atom stereocenters. The second-order valence-corrected chi connectivity index (χ2v) is 8.08. The number of methoxy groups -OCH3 is 1. The van der Waals surface area contributed by atoms with E-state index in [0.717, 1.165) is 31.5 Å². The van der Waals surface area contributed by atoms with Crippen LogP contribution in [0.15, 0.2) is 30.5 Å². The number of likely N-dealkylation sites (tertiary alicyclic amines) is 1. The van der Waals surface area contributed by atoms with E-state index in [9.17, 15) is 9.18 Å². The number of nitrogens with zero attached hydrogens (tertiary/aromatic N) is 2. The fourth-order valence-electron chi connectivity index (χ4n) is 3.43. The van der Waals surface area contributed by atoms with E-state index in [1.807, 2.05) is 19.9 Å². The number of pyridine rings is 1. The quantitative estimate of drug-likeness (QED) is 0.710. The van der Waals surface area contributed by atoms with Crippen LogP contribution >= 0.6 is 11.6 Å². The summed E-state index contributed by atoms with van der Waals surface area (Å²) in [5.74, 6) is 0.0236. The summed E-state index contributed by atoms with van der Waals surface area (Å²) in [4.78, 5) is 18.9. The molecule has 6 nitrogen and oxygen atoms in total. The molecule has 0 saturated carbocycles. The molecule has 30 heavy (non-hydrogen) atoms. The molecule has 1 fully saturated rings. The molecular weight excluding hydrogens is 409 g/mol. The van der Waals surface area contributed by atoms with Crippen molar-refractivity contribution in [1.82, 2.24) is 15.2 Å². The van der Waals surface area contributed by atoms with E-state index in [1.54, 1.807) is 12.1 Å². The number of hydrogen-bond donors (Lipinski definition) is 1. The maximum absolute atomic E-state index is 13.9. The van der Waals surface area contributed by atoms with Gasteiger partial charge in [0.15, 0.2) is 11.6 Å². The summed E-state index contributed by atoms with van der Waals surface area (Å²) < 4.78 is 24.3. The van der Waals surface area contributed by atoms with Crippen LogP contribution in [0.4, 0.5) is 4.39 Å². The van der Waals surface area contributed by atoms with Gasteiger partial charge in [-0.15, -0.1) is 0 Å². The standard InChI is InChI=1S/C22H27ClFN3O3/c1-14(2)30-22-18(23)11-16(12-25-22)21(28)26-17-6-8-27(9-7-17)13-15-4-5-20(29-3)19(24)10-15/h4-5,10-12,14,17H,6-9,13H2,1-3H3,(H,26,28). The summed E-state index contributed by atoms with van der Waals surface area (Å²) in [5.41, 5.74) is 1.31. The van der Waals surface area contributed by atoms with Gasteiger partial charge in [-0.25, -0.2) is 9.37 Å². The van der Waals surface area contributed by atoms with Gasteiger partial charge in [0.2, 0.25) is 5.88 Å². The number of hydrogen-bond acceptors (Lipinski definition) is 5. The topological polar surface area (TPSA) is 63.7 Å². The third kappa shape index (κ3) is 5.83. The van der Waals surface area contributed by atoms with Gasteiger partial charge in [0.25, 0.3) is 5.91 Å². The van der Waals surface area contributed by atoms with Gasteiger partial charge in [-0.2, -0.15) is 0 Å². The molecule has 1 saturated heterocycles. The van der Waals surface area contributed by atoms with Crippen LogP contribution in [0.25, 0.3) is 0 Å². The molecule has 0 atom stereocenters. The zero-order valence-electron chi connectivity index (χ0n) is 17.5. The zero-order chi connectivity index (χ0) is 21.7. The van der Waals surface area contributed by atoms with Crippen molar-refractivity contribution >= 4 is 17.5 Å². The van der Waals surface area contributed by atoms with Crippen molar-refractivity contribution in [3.8, 4) is 11.6 Å². The molecule has 0 bridgehead atoms. The lowest BCUT2D eigenvalue weighted by atomic mass is 10.0. The molecule has 1 amide bonds. The molecule has 3 rings (SSSR count). The lowest BCUT2D eigenvalue weighted by molar-refractivity contribution is 0.0908. The van der Waals surface area contributed by atoms with Gasteiger partial charge >= 0.3 is 0 Å². The summed E-state index contributed by atoms with van der Waals surface area (Å²) in [6.45, 7) is 6.07. The van der Waals surface area contributed by atoms with Crippen LogP contribution in [0.5, 0.6) is 11.6 Å². The molecule has 1 aromatic carbocycles. The Hall–Kier alpha value is -2.38. The maximum atomic E-state index is 13.9. The first kappa shape index (κ1) is 22.3. The molecule has 1 aromatic heterocycles. The fourth-order valence-corrected chi connectivity index (χ4v) is 3.64. The molecule has 1 N–H and O–H groups in total. The van der Waals surface area contributed by atoms with Gasteiger partial charge < -0.3 is 14.8 Å². The Balaban J connectivity index is 1.50. The largest absolute Gasteiger partial charge is 0.494 e. The number of carbonyl (C=O) groups excluding carboxylic acids is 1. The minimum atomic E-state index is -0.353. The second-order valence-electron chi connectivity index (χ2n) is 7.67. The van der Waals surface area contributed by atoms with Crippen LogP contribution in [-0.2, 0) is 6.54 Å². The molecule has 0 spiro atoms. The number of piperidine rings is 1. The summed E-state index contributed by atoms with van der Waals surface area (Å²) in [6.07, 6.45) is 3.07. The molecule has 2 aromatic rings. The maximum Gasteiger partial charge on any atom is 0.253 e. The lowest BCUT2D eigenvalue weighted by Gasteiger charge is -2.32. The van der Waals surface area contributed by atoms with Gasteiger partial charge in [-0.05, 0) is 50.5 Å². The van der Waals surface area contributed by atoms with Gasteiger partial charge in [-0.1, -0.05) is 17.7 Å². The van der Waals surface area contributed by atoms with Crippen molar-refractivity contribution < 1.29 is 18.7 Å². The highest BCUT2D eigenvalue weighted by atomic mass is 35.5. The number of aromatic nitrogens is 1. The highest BCUT2D eigenvalue weighted by Crippen LogP contribution is 2.24. The Morgan fingerprint density at radius 1 is 1.33 bits per heavy atom. The van der Waals surface area contributed by atoms with E-state index in [4.69, 9.17) is 21.1 Å². The molecule has 1 aliphatic heterocycles. The smallest absolute Gasteiger partial charge is 0.253 e. The summed E-state index contributed by atoms with van der Waals surface area (Å²) in [5, 5.41) is 3.37. The summed E-state index contributed by atoms with van der Waals surface area (Å²) >= 11 is 6.18. The zero-order valence-corrected chi connectivity index (χ0v) is 18.2. The first-order chi connectivity index (χ1) is 14.4. The first-order valence-electron chi connectivity index (χ1n) is 10.0. The van der Waals surface area contributed by atoms with E-state index in [2.05, 4.69) is 15.2 Å². The lowest BCUT2D eigenvalue weighted by Crippen LogP contribution is -2.44. The first-order valence-corrected chi connectivity index (χ1v) is 10.4. The van der Waals surface area contributed by atoms with Crippen LogP contribution in [-0.4, -0.2) is 48.1 Å². The van der Waals surface area contributed by atoms with E-state index >= 15 is 0 Å². The van der Waals surface area contributed by atoms with Gasteiger partial charge in [0, 0.05) is 31.9 Å². The van der Waals surface area contributed by atoms with Gasteiger partial charge in [0.1, 0.15) is 5.02 Å². The molecular formula is C22H27ClFN3O3. The van der Waals surface area contributed by atoms with Gasteiger partial charge in [0.05, 0.1) is 18.8 Å². The van der Waals surface area contributed by atoms with Crippen LogP contribution in [0.2, 0.25) is 5.02 Å². The third-order valence-corrected chi connectivity index (χ3v) is 5.23. The van der Waals surface area contributed by atoms with E-state index < -0.39 is 0 Å². The Morgan fingerprint density at radius 2 is 2.07 bits per heavy atom. The molecule has 0 radical (unpaired) electrons. The van der Waals surface area contributed by atoms with Crippen molar-refractivity contribution in [2.75, 3.05) is 20.2 Å². The monoisotopic (exact) mass is 435 g/mol. The number of ether oxygens (including phenoxy) is 2. The predicted octanol–water partition coefficient (Wildman–Crippen LogP) is 4.06. The molecule has 2 heterocycles. The fraction of sp³-hybridized carbons (Fsp3) is 0.455. The molecule has 8 heteroatoms. The Labute approximate surface area is 181 Å². The van der Waals surface area contributed by atoms with Crippen molar-refractivity contribution in [3.05, 3.63) is 52.4 Å². The highest BCUT2D eigenvalue weighted by molar-refractivity contribution is 6.32. The van der Waals surface area contributed by atoms with Crippen LogP contribution in [0.1, 0.15) is 42.6 Å². The third-order valence-electron chi connectivity index (χ3n) is 4.96. The molecule has 1 aliphatic rings. The summed E-state index contributed by atoms with van der Waals surface area (Å²) in [6, 6.07) is 6.69. The van der Waals surface area contributed by atoms with E-state index in [1.165, 1.54) is 19.4 Å². The van der Waals surface area contributed by atoms with Crippen LogP contribution in [0.3, 0.4) is 0 Å². The normalized spacial score (nSPS) is 15.3. The number of benzene rings is 1. The molecule has 0 aliphatic carbocycles. The average molecular weight is 436 g/mol. The Morgan fingerprint density at radius 3 is 2.67 bits per heavy atom. The van der Waals surface area contributed by atoms with Crippen LogP contribution < -0.4 is 14.8 Å². The number of nitrogens with one attached hydrogen (secondary N) is 1. The van der Waals surface area contributed by atoms with Crippen molar-refractivity contribution in [2.24, 2.45) is 0 Å². The number of carbonyl (C=O) groups is 1. The van der Waals surface area contributed by atoms with Crippen molar-refractivity contribution in [1.29, 1.82) is 0 Å². The number of rotatable bonds is 7. The average Bonchev–Trinajstić information content (AvgIpc) is 2.71. The second kappa shape index (κ2) is 10.1. The van der Waals surface area contributed by atoms with Crippen molar-refractivity contribution in [3.63, 3.8) is 0 Å². The molecule has 162 valence electrons. The highest BCUT2D eigenvalue weighted by Gasteiger charge is 2.22. The van der Waals surface area contributed by atoms with E-state index in [-0.39, 0.29) is 29.6 Å². The Kier molecular flexibility index (Phi) is 7.50. The minimum Gasteiger partial charge on any atom is -0.494 e. The summed E-state index contributed by atoms with van der Waals surface area (Å²) in [7, 11) is 1.45. The Bertz CT molecular complexity index is 886.